The van der Waals surface area contributed by atoms with E-state index in [0.717, 1.165) is 18.4 Å². The van der Waals surface area contributed by atoms with E-state index in [9.17, 15) is 9.59 Å². The van der Waals surface area contributed by atoms with Gasteiger partial charge in [-0.15, -0.1) is 0 Å². The largest absolute Gasteiger partial charge is 0.469 e. The van der Waals surface area contributed by atoms with E-state index in [1.165, 1.54) is 7.11 Å². The number of carbonyl (C=O) groups is 2. The molecule has 106 valence electrons. The quantitative estimate of drug-likeness (QED) is 0.805. The summed E-state index contributed by atoms with van der Waals surface area (Å²) in [6.07, 6.45) is 2.39. The second-order valence-corrected chi connectivity index (χ2v) is 5.83. The van der Waals surface area contributed by atoms with Gasteiger partial charge in [-0.1, -0.05) is 11.6 Å². The first-order chi connectivity index (χ1) is 9.60. The number of halogens is 1. The Kier molecular flexibility index (Phi) is 3.42. The van der Waals surface area contributed by atoms with Crippen molar-refractivity contribution in [3.8, 4) is 0 Å². The van der Waals surface area contributed by atoms with Gasteiger partial charge in [0.05, 0.1) is 13.5 Å². The number of ether oxygens (including phenoxy) is 1. The molecule has 5 heteroatoms. The number of rotatable bonds is 3. The number of benzene rings is 1. The summed E-state index contributed by atoms with van der Waals surface area (Å²) in [4.78, 5) is 26.0. The van der Waals surface area contributed by atoms with Gasteiger partial charge in [-0.2, -0.15) is 0 Å². The third-order valence-electron chi connectivity index (χ3n) is 3.99. The van der Waals surface area contributed by atoms with Gasteiger partial charge in [-0.25, -0.2) is 0 Å². The molecule has 1 heterocycles. The molecule has 0 aromatic heterocycles. The molecule has 1 fully saturated rings. The van der Waals surface area contributed by atoms with E-state index < -0.39 is 0 Å². The molecule has 1 atom stereocenters. The molecular weight excluding hydrogens is 278 g/mol. The number of fused-ring (bicyclic) bond motifs is 1. The summed E-state index contributed by atoms with van der Waals surface area (Å²) < 4.78 is 4.76. The number of hydrogen-bond acceptors (Lipinski definition) is 3. The first-order valence-electron chi connectivity index (χ1n) is 6.77. The van der Waals surface area contributed by atoms with Gasteiger partial charge in [0, 0.05) is 29.1 Å². The molecule has 0 N–H and O–H groups in total. The molecule has 1 unspecified atom stereocenters. The van der Waals surface area contributed by atoms with Crippen molar-refractivity contribution in [3.05, 3.63) is 34.3 Å². The maximum absolute atomic E-state index is 12.5. The minimum absolute atomic E-state index is 0.0329. The molecule has 1 amide bonds. The van der Waals surface area contributed by atoms with Crippen LogP contribution in [0.4, 0.5) is 0 Å². The Hall–Kier alpha value is -1.55. The number of hydrogen-bond donors (Lipinski definition) is 0. The molecule has 2 aliphatic rings. The Morgan fingerprint density at radius 3 is 2.85 bits per heavy atom. The SMILES string of the molecule is COC(=O)CC1CN(C2CC2)C(=O)c2ccc(Cl)cc21. The molecule has 3 rings (SSSR count). The predicted molar refractivity (Wildman–Crippen MR) is 74.9 cm³/mol. The van der Waals surface area contributed by atoms with Crippen LogP contribution in [0.25, 0.3) is 0 Å². The molecule has 1 aromatic carbocycles. The Labute approximate surface area is 122 Å². The summed E-state index contributed by atoms with van der Waals surface area (Å²) in [5.41, 5.74) is 1.53. The molecular formula is C15H16ClNO3. The van der Waals surface area contributed by atoms with Crippen LogP contribution in [0, 0.1) is 0 Å². The van der Waals surface area contributed by atoms with Crippen LogP contribution in [0.5, 0.6) is 0 Å². The van der Waals surface area contributed by atoms with E-state index in [1.807, 2.05) is 4.90 Å². The monoisotopic (exact) mass is 293 g/mol. The fourth-order valence-corrected chi connectivity index (χ4v) is 2.98. The van der Waals surface area contributed by atoms with Gasteiger partial charge in [0.25, 0.3) is 5.91 Å². The summed E-state index contributed by atoms with van der Waals surface area (Å²) in [5.74, 6) is -0.235. The summed E-state index contributed by atoms with van der Waals surface area (Å²) in [7, 11) is 1.38. The highest BCUT2D eigenvalue weighted by atomic mass is 35.5. The Balaban J connectivity index is 1.96. The van der Waals surface area contributed by atoms with E-state index in [4.69, 9.17) is 16.3 Å². The van der Waals surface area contributed by atoms with Crippen LogP contribution in [0.2, 0.25) is 5.02 Å². The number of amides is 1. The van der Waals surface area contributed by atoms with E-state index in [1.54, 1.807) is 18.2 Å². The zero-order chi connectivity index (χ0) is 14.3. The summed E-state index contributed by atoms with van der Waals surface area (Å²) >= 11 is 6.03. The van der Waals surface area contributed by atoms with Gasteiger partial charge in [-0.3, -0.25) is 9.59 Å². The van der Waals surface area contributed by atoms with Crippen LogP contribution in [0.1, 0.15) is 41.1 Å². The van der Waals surface area contributed by atoms with Crippen LogP contribution in [-0.2, 0) is 9.53 Å². The minimum Gasteiger partial charge on any atom is -0.469 e. The van der Waals surface area contributed by atoms with Gasteiger partial charge in [0.15, 0.2) is 0 Å². The summed E-state index contributed by atoms with van der Waals surface area (Å²) in [5, 5.41) is 0.589. The highest BCUT2D eigenvalue weighted by Gasteiger charge is 2.40. The average Bonchev–Trinajstić information content (AvgIpc) is 3.26. The van der Waals surface area contributed by atoms with Gasteiger partial charge < -0.3 is 9.64 Å². The molecule has 0 bridgehead atoms. The molecule has 1 aliphatic heterocycles. The number of carbonyl (C=O) groups excluding carboxylic acids is 2. The Bertz CT molecular complexity index is 568. The van der Waals surface area contributed by atoms with Crippen LogP contribution >= 0.6 is 11.6 Å². The summed E-state index contributed by atoms with van der Waals surface area (Å²) in [6, 6.07) is 5.63. The van der Waals surface area contributed by atoms with Crippen molar-refractivity contribution in [1.82, 2.24) is 4.90 Å². The molecule has 4 nitrogen and oxygen atoms in total. The molecule has 1 aromatic rings. The van der Waals surface area contributed by atoms with Crippen molar-refractivity contribution < 1.29 is 14.3 Å². The standard InChI is InChI=1S/C15H16ClNO3/c1-20-14(18)6-9-8-17(11-3-4-11)15(19)12-5-2-10(16)7-13(9)12/h2,5,7,9,11H,3-4,6,8H2,1H3. The highest BCUT2D eigenvalue weighted by Crippen LogP contribution is 2.38. The smallest absolute Gasteiger partial charge is 0.306 e. The molecule has 0 radical (unpaired) electrons. The van der Waals surface area contributed by atoms with E-state index in [0.29, 0.717) is 23.2 Å². The van der Waals surface area contributed by atoms with Crippen LogP contribution in [0.15, 0.2) is 18.2 Å². The zero-order valence-corrected chi connectivity index (χ0v) is 12.0. The van der Waals surface area contributed by atoms with Crippen molar-refractivity contribution in [3.63, 3.8) is 0 Å². The number of nitrogens with zero attached hydrogens (tertiary/aromatic N) is 1. The number of methoxy groups -OCH3 is 1. The fraction of sp³-hybridized carbons (Fsp3) is 0.467. The van der Waals surface area contributed by atoms with Gasteiger partial charge >= 0.3 is 5.97 Å². The van der Waals surface area contributed by atoms with Crippen LogP contribution < -0.4 is 0 Å². The first kappa shape index (κ1) is 13.4. The van der Waals surface area contributed by atoms with Crippen LogP contribution in [0.3, 0.4) is 0 Å². The lowest BCUT2D eigenvalue weighted by Gasteiger charge is -2.34. The third kappa shape index (κ3) is 2.40. The maximum Gasteiger partial charge on any atom is 0.306 e. The van der Waals surface area contributed by atoms with Gasteiger partial charge in [0.1, 0.15) is 0 Å². The molecule has 0 spiro atoms. The van der Waals surface area contributed by atoms with Crippen molar-refractivity contribution in [1.29, 1.82) is 0 Å². The molecule has 20 heavy (non-hydrogen) atoms. The van der Waals surface area contributed by atoms with E-state index in [2.05, 4.69) is 0 Å². The lowest BCUT2D eigenvalue weighted by atomic mass is 9.87. The molecule has 1 aliphatic carbocycles. The topological polar surface area (TPSA) is 46.6 Å². The average molecular weight is 294 g/mol. The minimum atomic E-state index is -0.258. The highest BCUT2D eigenvalue weighted by molar-refractivity contribution is 6.30. The Morgan fingerprint density at radius 2 is 2.20 bits per heavy atom. The molecule has 0 saturated heterocycles. The van der Waals surface area contributed by atoms with Crippen molar-refractivity contribution in [2.45, 2.75) is 31.2 Å². The van der Waals surface area contributed by atoms with E-state index in [-0.39, 0.29) is 24.2 Å². The maximum atomic E-state index is 12.5. The lowest BCUT2D eigenvalue weighted by Crippen LogP contribution is -2.41. The van der Waals surface area contributed by atoms with E-state index >= 15 is 0 Å². The second-order valence-electron chi connectivity index (χ2n) is 5.40. The van der Waals surface area contributed by atoms with Gasteiger partial charge in [-0.05, 0) is 36.6 Å². The summed E-state index contributed by atoms with van der Waals surface area (Å²) in [6.45, 7) is 0.575. The predicted octanol–water partition coefficient (Wildman–Crippen LogP) is 2.60. The van der Waals surface area contributed by atoms with Crippen molar-refractivity contribution in [2.24, 2.45) is 0 Å². The van der Waals surface area contributed by atoms with Crippen LogP contribution in [-0.4, -0.2) is 36.5 Å². The third-order valence-corrected chi connectivity index (χ3v) is 4.23. The van der Waals surface area contributed by atoms with Crippen molar-refractivity contribution in [2.75, 3.05) is 13.7 Å². The second kappa shape index (κ2) is 5.09. The molecule has 1 saturated carbocycles. The van der Waals surface area contributed by atoms with Crippen molar-refractivity contribution >= 4 is 23.5 Å². The first-order valence-corrected chi connectivity index (χ1v) is 7.15. The lowest BCUT2D eigenvalue weighted by molar-refractivity contribution is -0.141. The fourth-order valence-electron chi connectivity index (χ4n) is 2.80. The normalized spacial score (nSPS) is 21.6. The van der Waals surface area contributed by atoms with Gasteiger partial charge in [0.2, 0.25) is 0 Å². The number of esters is 1. The Morgan fingerprint density at radius 1 is 1.45 bits per heavy atom. The zero-order valence-electron chi connectivity index (χ0n) is 11.3.